The lowest BCUT2D eigenvalue weighted by Crippen LogP contribution is -2.29. The number of hydrogen-bond acceptors (Lipinski definition) is 3. The van der Waals surface area contributed by atoms with Gasteiger partial charge in [0, 0.05) is 28.2 Å². The number of nitrogens with one attached hydrogen (secondary N) is 1. The fraction of sp³-hybridized carbons (Fsp3) is 0.294. The van der Waals surface area contributed by atoms with Gasteiger partial charge in [-0.3, -0.25) is 0 Å². The second kappa shape index (κ2) is 5.04. The summed E-state index contributed by atoms with van der Waals surface area (Å²) in [6.07, 6.45) is 1.16. The zero-order valence-corrected chi connectivity index (χ0v) is 13.0. The quantitative estimate of drug-likeness (QED) is 0.804. The van der Waals surface area contributed by atoms with E-state index in [4.69, 9.17) is 4.74 Å². The van der Waals surface area contributed by atoms with E-state index in [1.54, 1.807) is 6.07 Å². The predicted molar refractivity (Wildman–Crippen MR) is 85.4 cm³/mol. The van der Waals surface area contributed by atoms with Gasteiger partial charge in [-0.1, -0.05) is 28.1 Å². The highest BCUT2D eigenvalue weighted by Crippen LogP contribution is 2.50. The number of ether oxygens (including phenoxy) is 1. The molecule has 0 bridgehead atoms. The molecular weight excluding hydrogens is 330 g/mol. The van der Waals surface area contributed by atoms with Gasteiger partial charge in [0.05, 0.1) is 12.1 Å². The van der Waals surface area contributed by atoms with Gasteiger partial charge in [-0.2, -0.15) is 0 Å². The number of rotatable bonds is 1. The van der Waals surface area contributed by atoms with Crippen LogP contribution in [0.2, 0.25) is 0 Å². The van der Waals surface area contributed by atoms with Crippen LogP contribution in [0.15, 0.2) is 46.9 Å². The average Bonchev–Trinajstić information content (AvgIpc) is 2.96. The first-order valence-electron chi connectivity index (χ1n) is 7.19. The van der Waals surface area contributed by atoms with Crippen molar-refractivity contribution in [3.05, 3.63) is 58.1 Å². The summed E-state index contributed by atoms with van der Waals surface area (Å²) < 4.78 is 7.07. The zero-order valence-electron chi connectivity index (χ0n) is 11.4. The molecule has 0 radical (unpaired) electrons. The number of phenolic OH excluding ortho intramolecular Hbond substituents is 1. The van der Waals surface area contributed by atoms with E-state index in [0.29, 0.717) is 11.7 Å². The first-order chi connectivity index (χ1) is 10.2. The lowest BCUT2D eigenvalue weighted by molar-refractivity contribution is 0.0828. The van der Waals surface area contributed by atoms with Crippen LogP contribution >= 0.6 is 15.9 Å². The molecule has 1 saturated heterocycles. The Kier molecular flexibility index (Phi) is 3.16. The zero-order chi connectivity index (χ0) is 14.4. The molecule has 2 heterocycles. The Morgan fingerprint density at radius 3 is 2.95 bits per heavy atom. The van der Waals surface area contributed by atoms with Crippen LogP contribution in [0.1, 0.15) is 29.7 Å². The van der Waals surface area contributed by atoms with Gasteiger partial charge < -0.3 is 15.2 Å². The molecule has 0 saturated carbocycles. The molecule has 3 nitrogen and oxygen atoms in total. The molecule has 3 atom stereocenters. The molecule has 2 N–H and O–H groups in total. The highest BCUT2D eigenvalue weighted by molar-refractivity contribution is 9.10. The van der Waals surface area contributed by atoms with Gasteiger partial charge in [-0.05, 0) is 42.3 Å². The van der Waals surface area contributed by atoms with E-state index in [2.05, 4.69) is 39.4 Å². The fourth-order valence-corrected chi connectivity index (χ4v) is 3.87. The van der Waals surface area contributed by atoms with Crippen LogP contribution in [0.25, 0.3) is 0 Å². The third-order valence-corrected chi connectivity index (χ3v) is 4.92. The van der Waals surface area contributed by atoms with Gasteiger partial charge in [-0.25, -0.2) is 0 Å². The molecule has 2 aliphatic rings. The molecule has 0 aliphatic carbocycles. The summed E-state index contributed by atoms with van der Waals surface area (Å²) in [5.41, 5.74) is 3.46. The number of phenols is 1. The molecule has 4 rings (SSSR count). The molecule has 0 amide bonds. The number of hydrogen-bond donors (Lipinski definition) is 2. The number of halogens is 1. The first kappa shape index (κ1) is 13.2. The maximum absolute atomic E-state index is 9.75. The predicted octanol–water partition coefficient (Wildman–Crippen LogP) is 4.40. The Bertz CT molecular complexity index is 688. The van der Waals surface area contributed by atoms with Crippen molar-refractivity contribution in [1.82, 2.24) is 0 Å². The number of anilines is 1. The van der Waals surface area contributed by atoms with Gasteiger partial charge in [-0.15, -0.1) is 0 Å². The number of aromatic hydroxyl groups is 1. The van der Waals surface area contributed by atoms with Crippen molar-refractivity contribution in [3.8, 4) is 5.75 Å². The van der Waals surface area contributed by atoms with E-state index in [1.807, 2.05) is 18.2 Å². The molecule has 21 heavy (non-hydrogen) atoms. The van der Waals surface area contributed by atoms with Crippen LogP contribution < -0.4 is 5.32 Å². The van der Waals surface area contributed by atoms with Crippen LogP contribution in [0.4, 0.5) is 5.69 Å². The SMILES string of the molecule is Oc1cccc(C2Nc3ccc(Br)cc3C3OCCC23)c1. The molecule has 108 valence electrons. The highest BCUT2D eigenvalue weighted by Gasteiger charge is 2.41. The maximum atomic E-state index is 9.75. The highest BCUT2D eigenvalue weighted by atomic mass is 79.9. The molecule has 4 heteroatoms. The van der Waals surface area contributed by atoms with Crippen molar-refractivity contribution in [3.63, 3.8) is 0 Å². The molecule has 0 aromatic heterocycles. The molecule has 2 aliphatic heterocycles. The van der Waals surface area contributed by atoms with E-state index in [1.165, 1.54) is 5.56 Å². The van der Waals surface area contributed by atoms with E-state index in [0.717, 1.165) is 28.8 Å². The van der Waals surface area contributed by atoms with Crippen molar-refractivity contribution in [2.45, 2.75) is 18.6 Å². The second-order valence-corrected chi connectivity index (χ2v) is 6.61. The summed E-state index contributed by atoms with van der Waals surface area (Å²) in [7, 11) is 0. The van der Waals surface area contributed by atoms with Gasteiger partial charge in [0.15, 0.2) is 0 Å². The summed E-state index contributed by atoms with van der Waals surface area (Å²) in [4.78, 5) is 0. The third-order valence-electron chi connectivity index (χ3n) is 4.43. The van der Waals surface area contributed by atoms with Crippen molar-refractivity contribution in [1.29, 1.82) is 0 Å². The summed E-state index contributed by atoms with van der Waals surface area (Å²) in [5.74, 6) is 0.708. The standard InChI is InChI=1S/C17H16BrNO2/c18-11-4-5-15-14(9-11)17-13(6-7-21-17)16(19-15)10-2-1-3-12(20)8-10/h1-5,8-9,13,16-17,19-20H,6-7H2. The summed E-state index contributed by atoms with van der Waals surface area (Å²) in [6.45, 7) is 0.790. The maximum Gasteiger partial charge on any atom is 0.115 e. The lowest BCUT2D eigenvalue weighted by atomic mass is 9.81. The van der Waals surface area contributed by atoms with E-state index >= 15 is 0 Å². The van der Waals surface area contributed by atoms with Gasteiger partial charge in [0.1, 0.15) is 5.75 Å². The summed E-state index contributed by atoms with van der Waals surface area (Å²) in [6, 6.07) is 14.0. The fourth-order valence-electron chi connectivity index (χ4n) is 3.49. The molecule has 1 fully saturated rings. The van der Waals surface area contributed by atoms with Crippen LogP contribution in [-0.4, -0.2) is 11.7 Å². The molecular formula is C17H16BrNO2. The van der Waals surface area contributed by atoms with Crippen LogP contribution in [0.5, 0.6) is 5.75 Å². The van der Waals surface area contributed by atoms with E-state index in [-0.39, 0.29) is 12.1 Å². The average molecular weight is 346 g/mol. The number of benzene rings is 2. The Balaban J connectivity index is 1.79. The van der Waals surface area contributed by atoms with Crippen LogP contribution in [0.3, 0.4) is 0 Å². The van der Waals surface area contributed by atoms with Gasteiger partial charge in [0.25, 0.3) is 0 Å². The van der Waals surface area contributed by atoms with Gasteiger partial charge in [0.2, 0.25) is 0 Å². The Morgan fingerprint density at radius 1 is 1.19 bits per heavy atom. The topological polar surface area (TPSA) is 41.5 Å². The lowest BCUT2D eigenvalue weighted by Gasteiger charge is -2.36. The Labute approximate surface area is 132 Å². The normalized spacial score (nSPS) is 26.8. The molecule has 2 aromatic rings. The van der Waals surface area contributed by atoms with Crippen molar-refractivity contribution in [2.75, 3.05) is 11.9 Å². The van der Waals surface area contributed by atoms with Crippen LogP contribution in [-0.2, 0) is 4.74 Å². The molecule has 0 spiro atoms. The number of fused-ring (bicyclic) bond motifs is 3. The Hall–Kier alpha value is -1.52. The molecule has 2 aromatic carbocycles. The summed E-state index contributed by atoms with van der Waals surface area (Å²) >= 11 is 3.54. The van der Waals surface area contributed by atoms with Gasteiger partial charge >= 0.3 is 0 Å². The van der Waals surface area contributed by atoms with E-state index < -0.39 is 0 Å². The largest absolute Gasteiger partial charge is 0.508 e. The minimum Gasteiger partial charge on any atom is -0.508 e. The van der Waals surface area contributed by atoms with Crippen molar-refractivity contribution >= 4 is 21.6 Å². The van der Waals surface area contributed by atoms with Crippen molar-refractivity contribution < 1.29 is 9.84 Å². The Morgan fingerprint density at radius 2 is 2.10 bits per heavy atom. The second-order valence-electron chi connectivity index (χ2n) is 5.69. The van der Waals surface area contributed by atoms with Crippen LogP contribution in [0, 0.1) is 5.92 Å². The third kappa shape index (κ3) is 2.23. The minimum absolute atomic E-state index is 0.131. The smallest absolute Gasteiger partial charge is 0.115 e. The summed E-state index contributed by atoms with van der Waals surface area (Å²) in [5, 5.41) is 13.4. The molecule has 3 unspecified atom stereocenters. The van der Waals surface area contributed by atoms with Crippen molar-refractivity contribution in [2.24, 2.45) is 5.92 Å². The van der Waals surface area contributed by atoms with E-state index in [9.17, 15) is 5.11 Å². The first-order valence-corrected chi connectivity index (χ1v) is 7.98. The monoisotopic (exact) mass is 345 g/mol. The minimum atomic E-state index is 0.131.